The number of ether oxygens (including phenoxy) is 1. The maximum absolute atomic E-state index is 11.7. The van der Waals surface area contributed by atoms with Crippen LogP contribution in [0.2, 0.25) is 0 Å². The van der Waals surface area contributed by atoms with E-state index in [2.05, 4.69) is 14.9 Å². The number of hydrogen-bond acceptors (Lipinski definition) is 5. The molecule has 6 nitrogen and oxygen atoms in total. The van der Waals surface area contributed by atoms with E-state index in [1.165, 1.54) is 0 Å². The molecule has 0 unspecified atom stereocenters. The maximum Gasteiger partial charge on any atom is 0.250 e. The summed E-state index contributed by atoms with van der Waals surface area (Å²) in [5.41, 5.74) is 1.97. The number of piperidine rings is 1. The first-order chi connectivity index (χ1) is 11.6. The van der Waals surface area contributed by atoms with Gasteiger partial charge in [0.15, 0.2) is 0 Å². The highest BCUT2D eigenvalue weighted by Gasteiger charge is 2.20. The van der Waals surface area contributed by atoms with Gasteiger partial charge in [-0.15, -0.1) is 0 Å². The van der Waals surface area contributed by atoms with Gasteiger partial charge in [-0.25, -0.2) is 4.98 Å². The molecule has 2 aromatic heterocycles. The highest BCUT2D eigenvalue weighted by Crippen LogP contribution is 2.20. The van der Waals surface area contributed by atoms with Gasteiger partial charge >= 0.3 is 0 Å². The van der Waals surface area contributed by atoms with Crippen molar-refractivity contribution in [2.75, 3.05) is 19.7 Å². The Labute approximate surface area is 142 Å². The van der Waals surface area contributed by atoms with Gasteiger partial charge in [-0.2, -0.15) is 0 Å². The van der Waals surface area contributed by atoms with Gasteiger partial charge in [-0.3, -0.25) is 14.7 Å². The number of aromatic nitrogens is 3. The van der Waals surface area contributed by atoms with Crippen molar-refractivity contribution in [3.8, 4) is 5.88 Å². The van der Waals surface area contributed by atoms with E-state index < -0.39 is 0 Å². The van der Waals surface area contributed by atoms with Gasteiger partial charge in [-0.1, -0.05) is 0 Å². The molecule has 1 aliphatic rings. The number of nitrogens with zero attached hydrogens (tertiary/aromatic N) is 4. The Morgan fingerprint density at radius 3 is 2.71 bits per heavy atom. The third-order valence-electron chi connectivity index (χ3n) is 4.57. The van der Waals surface area contributed by atoms with Crippen LogP contribution in [0.15, 0.2) is 35.5 Å². The number of aryl methyl sites for hydroxylation is 2. The van der Waals surface area contributed by atoms with Crippen LogP contribution in [0, 0.1) is 12.8 Å². The molecule has 0 N–H and O–H groups in total. The van der Waals surface area contributed by atoms with E-state index in [-0.39, 0.29) is 5.56 Å². The van der Waals surface area contributed by atoms with Crippen LogP contribution in [0.1, 0.15) is 24.1 Å². The maximum atomic E-state index is 11.7. The average molecular weight is 328 g/mol. The zero-order valence-corrected chi connectivity index (χ0v) is 14.3. The van der Waals surface area contributed by atoms with Crippen molar-refractivity contribution >= 4 is 0 Å². The molecule has 0 saturated carbocycles. The molecule has 0 bridgehead atoms. The largest absolute Gasteiger partial charge is 0.476 e. The van der Waals surface area contributed by atoms with Crippen LogP contribution >= 0.6 is 0 Å². The molecule has 3 rings (SSSR count). The zero-order valence-electron chi connectivity index (χ0n) is 14.3. The van der Waals surface area contributed by atoms with Crippen LogP contribution in [-0.4, -0.2) is 39.1 Å². The SMILES string of the molecule is Cc1nccnc1OCC1CCN(Cc2ccn(C)c(=O)c2)CC1. The van der Waals surface area contributed by atoms with Crippen molar-refractivity contribution in [3.05, 3.63) is 52.3 Å². The summed E-state index contributed by atoms with van der Waals surface area (Å²) in [6, 6.07) is 3.75. The Kier molecular flexibility index (Phi) is 5.25. The summed E-state index contributed by atoms with van der Waals surface area (Å²) in [5.74, 6) is 1.19. The van der Waals surface area contributed by atoms with Gasteiger partial charge in [0, 0.05) is 38.2 Å². The second kappa shape index (κ2) is 7.57. The predicted molar refractivity (Wildman–Crippen MR) is 91.9 cm³/mol. The van der Waals surface area contributed by atoms with Crippen molar-refractivity contribution in [1.29, 1.82) is 0 Å². The summed E-state index contributed by atoms with van der Waals surface area (Å²) in [4.78, 5) is 22.5. The van der Waals surface area contributed by atoms with Gasteiger partial charge in [0.2, 0.25) is 5.88 Å². The monoisotopic (exact) mass is 328 g/mol. The second-order valence-electron chi connectivity index (χ2n) is 6.46. The van der Waals surface area contributed by atoms with Crippen molar-refractivity contribution in [2.45, 2.75) is 26.3 Å². The molecule has 0 aromatic carbocycles. The summed E-state index contributed by atoms with van der Waals surface area (Å²) in [5, 5.41) is 0. The first-order valence-electron chi connectivity index (χ1n) is 8.40. The van der Waals surface area contributed by atoms with Crippen LogP contribution < -0.4 is 10.3 Å². The molecule has 0 aliphatic carbocycles. The number of hydrogen-bond donors (Lipinski definition) is 0. The Morgan fingerprint density at radius 1 is 1.25 bits per heavy atom. The van der Waals surface area contributed by atoms with E-state index in [9.17, 15) is 4.79 Å². The Morgan fingerprint density at radius 2 is 2.00 bits per heavy atom. The van der Waals surface area contributed by atoms with Gasteiger partial charge in [0.25, 0.3) is 5.56 Å². The molecule has 2 aromatic rings. The lowest BCUT2D eigenvalue weighted by Crippen LogP contribution is -2.35. The molecule has 0 spiro atoms. The lowest BCUT2D eigenvalue weighted by atomic mass is 9.97. The second-order valence-corrected chi connectivity index (χ2v) is 6.46. The van der Waals surface area contributed by atoms with Crippen LogP contribution in [-0.2, 0) is 13.6 Å². The minimum absolute atomic E-state index is 0.0510. The standard InChI is InChI=1S/C18H24N4O2/c1-14-18(20-7-6-19-14)24-13-15-4-9-22(10-5-15)12-16-3-8-21(2)17(23)11-16/h3,6-8,11,15H,4-5,9-10,12-13H2,1-2H3. The van der Waals surface area contributed by atoms with Crippen LogP contribution in [0.25, 0.3) is 0 Å². The quantitative estimate of drug-likeness (QED) is 0.837. The summed E-state index contributed by atoms with van der Waals surface area (Å²) in [6.07, 6.45) is 7.38. The van der Waals surface area contributed by atoms with Crippen molar-refractivity contribution in [2.24, 2.45) is 13.0 Å². The molecule has 1 saturated heterocycles. The summed E-state index contributed by atoms with van der Waals surface area (Å²) in [6.45, 7) is 5.51. The van der Waals surface area contributed by atoms with Crippen molar-refractivity contribution in [3.63, 3.8) is 0 Å². The van der Waals surface area contributed by atoms with E-state index in [0.717, 1.165) is 43.7 Å². The molecule has 128 valence electrons. The van der Waals surface area contributed by atoms with Crippen LogP contribution in [0.3, 0.4) is 0 Å². The van der Waals surface area contributed by atoms with E-state index >= 15 is 0 Å². The molecule has 1 aliphatic heterocycles. The molecule has 0 radical (unpaired) electrons. The molecule has 1 fully saturated rings. The molecule has 6 heteroatoms. The van der Waals surface area contributed by atoms with E-state index in [1.54, 1.807) is 30.1 Å². The van der Waals surface area contributed by atoms with E-state index in [0.29, 0.717) is 18.4 Å². The van der Waals surface area contributed by atoms with E-state index in [4.69, 9.17) is 4.74 Å². The third-order valence-corrected chi connectivity index (χ3v) is 4.57. The summed E-state index contributed by atoms with van der Waals surface area (Å²) in [7, 11) is 1.77. The molecule has 0 amide bonds. The van der Waals surface area contributed by atoms with Crippen molar-refractivity contribution < 1.29 is 4.74 Å². The molecular weight excluding hydrogens is 304 g/mol. The molecular formula is C18H24N4O2. The first-order valence-corrected chi connectivity index (χ1v) is 8.40. The normalized spacial score (nSPS) is 16.2. The molecule has 3 heterocycles. The van der Waals surface area contributed by atoms with Gasteiger partial charge < -0.3 is 9.30 Å². The van der Waals surface area contributed by atoms with Gasteiger partial charge in [0.05, 0.1) is 12.3 Å². The smallest absolute Gasteiger partial charge is 0.250 e. The minimum Gasteiger partial charge on any atom is -0.476 e. The Bertz CT molecular complexity index is 736. The topological polar surface area (TPSA) is 60.3 Å². The minimum atomic E-state index is 0.0510. The summed E-state index contributed by atoms with van der Waals surface area (Å²) < 4.78 is 7.42. The van der Waals surface area contributed by atoms with Crippen molar-refractivity contribution in [1.82, 2.24) is 19.4 Å². The predicted octanol–water partition coefficient (Wildman–Crippen LogP) is 1.77. The fraction of sp³-hybridized carbons (Fsp3) is 0.500. The lowest BCUT2D eigenvalue weighted by molar-refractivity contribution is 0.134. The number of likely N-dealkylation sites (tertiary alicyclic amines) is 1. The summed E-state index contributed by atoms with van der Waals surface area (Å²) >= 11 is 0. The lowest BCUT2D eigenvalue weighted by Gasteiger charge is -2.31. The fourth-order valence-electron chi connectivity index (χ4n) is 2.99. The first kappa shape index (κ1) is 16.6. The zero-order chi connectivity index (χ0) is 16.9. The third kappa shape index (κ3) is 4.20. The van der Waals surface area contributed by atoms with E-state index in [1.807, 2.05) is 19.2 Å². The number of pyridine rings is 1. The highest BCUT2D eigenvalue weighted by molar-refractivity contribution is 5.15. The Balaban J connectivity index is 1.46. The highest BCUT2D eigenvalue weighted by atomic mass is 16.5. The number of rotatable bonds is 5. The van der Waals surface area contributed by atoms with Crippen LogP contribution in [0.5, 0.6) is 5.88 Å². The van der Waals surface area contributed by atoms with Crippen LogP contribution in [0.4, 0.5) is 0 Å². The van der Waals surface area contributed by atoms with Gasteiger partial charge in [0.1, 0.15) is 0 Å². The molecule has 0 atom stereocenters. The molecule has 24 heavy (non-hydrogen) atoms. The fourth-order valence-corrected chi connectivity index (χ4v) is 2.99. The van der Waals surface area contributed by atoms with Gasteiger partial charge in [-0.05, 0) is 50.4 Å². The average Bonchev–Trinajstić information content (AvgIpc) is 2.59. The Hall–Kier alpha value is -2.21.